The van der Waals surface area contributed by atoms with Gasteiger partial charge in [-0.05, 0) is 18.9 Å². The van der Waals surface area contributed by atoms with E-state index in [4.69, 9.17) is 4.55 Å². The van der Waals surface area contributed by atoms with Crippen molar-refractivity contribution in [2.45, 2.75) is 32.6 Å². The van der Waals surface area contributed by atoms with Crippen LogP contribution in [0.4, 0.5) is 0 Å². The third-order valence-electron chi connectivity index (χ3n) is 2.30. The average molecular weight is 263 g/mol. The van der Waals surface area contributed by atoms with Crippen molar-refractivity contribution < 1.29 is 17.8 Å². The molecule has 0 heterocycles. The van der Waals surface area contributed by atoms with Gasteiger partial charge in [-0.1, -0.05) is 25.8 Å². The van der Waals surface area contributed by atoms with E-state index in [1.807, 2.05) is 0 Å². The molecule has 0 saturated carbocycles. The molecule has 0 radical (unpaired) electrons. The highest BCUT2D eigenvalue weighted by atomic mass is 32.2. The summed E-state index contributed by atoms with van der Waals surface area (Å²) in [5, 5.41) is 0. The second kappa shape index (κ2) is 8.25. The molecule has 100 valence electrons. The molecule has 0 unspecified atom stereocenters. The van der Waals surface area contributed by atoms with Gasteiger partial charge in [-0.25, -0.2) is 0 Å². The molecule has 0 bridgehead atoms. The number of rotatable bonds is 8. The van der Waals surface area contributed by atoms with E-state index in [9.17, 15) is 13.2 Å². The summed E-state index contributed by atoms with van der Waals surface area (Å²) in [4.78, 5) is 12.7. The summed E-state index contributed by atoms with van der Waals surface area (Å²) in [6.45, 7) is 2.11. The maximum atomic E-state index is 11.5. The number of unbranched alkanes of at least 4 members (excludes halogenated alkanes) is 3. The summed E-state index contributed by atoms with van der Waals surface area (Å²) in [7, 11) is -2.50. The lowest BCUT2D eigenvalue weighted by atomic mass is 10.2. The Morgan fingerprint density at radius 1 is 1.35 bits per heavy atom. The zero-order chi connectivity index (χ0) is 13.3. The largest absolute Gasteiger partial charge is 0.341 e. The Morgan fingerprint density at radius 2 is 2.00 bits per heavy atom. The van der Waals surface area contributed by atoms with E-state index in [2.05, 4.69) is 6.92 Å². The zero-order valence-corrected chi connectivity index (χ0v) is 11.2. The molecule has 0 atom stereocenters. The summed E-state index contributed by atoms with van der Waals surface area (Å²) in [5.74, 6) is -0.677. The lowest BCUT2D eigenvalue weighted by Crippen LogP contribution is -2.30. The van der Waals surface area contributed by atoms with Gasteiger partial charge in [0.25, 0.3) is 10.1 Å². The molecule has 5 nitrogen and oxygen atoms in total. The van der Waals surface area contributed by atoms with Gasteiger partial charge in [-0.15, -0.1) is 0 Å². The monoisotopic (exact) mass is 263 g/mol. The Balaban J connectivity index is 3.89. The van der Waals surface area contributed by atoms with Gasteiger partial charge in [0, 0.05) is 13.6 Å². The number of likely N-dealkylation sites (N-methyl/N-ethyl adjacent to an activating group) is 1. The van der Waals surface area contributed by atoms with E-state index in [0.29, 0.717) is 0 Å². The molecule has 0 fully saturated rings. The van der Waals surface area contributed by atoms with Crippen LogP contribution >= 0.6 is 0 Å². The van der Waals surface area contributed by atoms with E-state index >= 15 is 0 Å². The first-order valence-corrected chi connectivity index (χ1v) is 7.34. The zero-order valence-electron chi connectivity index (χ0n) is 10.4. The first-order chi connectivity index (χ1) is 7.87. The minimum absolute atomic E-state index is 0.00301. The van der Waals surface area contributed by atoms with Crippen LogP contribution in [0.2, 0.25) is 0 Å². The van der Waals surface area contributed by atoms with Crippen LogP contribution in [-0.2, 0) is 14.9 Å². The number of carbonyl (C=O) groups is 1. The van der Waals surface area contributed by atoms with Gasteiger partial charge in [-0.3, -0.25) is 9.35 Å². The van der Waals surface area contributed by atoms with Crippen molar-refractivity contribution in [3.63, 3.8) is 0 Å². The summed E-state index contributed by atoms with van der Waals surface area (Å²) in [5.41, 5.74) is 0. The first-order valence-electron chi connectivity index (χ1n) is 5.73. The Labute approximate surface area is 103 Å². The molecule has 0 saturated heterocycles. The van der Waals surface area contributed by atoms with E-state index in [0.717, 1.165) is 25.7 Å². The van der Waals surface area contributed by atoms with Crippen LogP contribution in [0.1, 0.15) is 32.6 Å². The van der Waals surface area contributed by atoms with Gasteiger partial charge < -0.3 is 4.90 Å². The van der Waals surface area contributed by atoms with Crippen molar-refractivity contribution in [2.24, 2.45) is 0 Å². The predicted octanol–water partition coefficient (Wildman–Crippen LogP) is 1.47. The fourth-order valence-electron chi connectivity index (χ4n) is 1.19. The van der Waals surface area contributed by atoms with Crippen LogP contribution in [0.5, 0.6) is 0 Å². The molecular weight excluding hydrogens is 242 g/mol. The fraction of sp³-hybridized carbons (Fsp3) is 0.727. The molecule has 17 heavy (non-hydrogen) atoms. The van der Waals surface area contributed by atoms with Crippen LogP contribution < -0.4 is 0 Å². The summed E-state index contributed by atoms with van der Waals surface area (Å²) >= 11 is 0. The van der Waals surface area contributed by atoms with Crippen molar-refractivity contribution in [3.05, 3.63) is 12.2 Å². The Bertz CT molecular complexity index is 348. The lowest BCUT2D eigenvalue weighted by Gasteiger charge is -2.13. The number of hydrogen-bond acceptors (Lipinski definition) is 3. The molecule has 1 amide bonds. The second-order valence-electron chi connectivity index (χ2n) is 3.94. The molecule has 1 N–H and O–H groups in total. The van der Waals surface area contributed by atoms with Gasteiger partial charge in [0.2, 0.25) is 5.91 Å². The number of allylic oxidation sites excluding steroid dienone is 1. The molecular formula is C11H21NO4S. The van der Waals surface area contributed by atoms with E-state index < -0.39 is 15.9 Å². The van der Waals surface area contributed by atoms with Gasteiger partial charge in [-0.2, -0.15) is 8.42 Å². The third kappa shape index (κ3) is 10.0. The Hall–Kier alpha value is -0.880. The van der Waals surface area contributed by atoms with E-state index in [-0.39, 0.29) is 12.5 Å². The molecule has 0 aliphatic rings. The summed E-state index contributed by atoms with van der Waals surface area (Å²) < 4.78 is 29.5. The number of amides is 1. The molecule has 0 aromatic carbocycles. The maximum Gasteiger partial charge on any atom is 0.266 e. The molecule has 0 aromatic heterocycles. The lowest BCUT2D eigenvalue weighted by molar-refractivity contribution is -0.124. The van der Waals surface area contributed by atoms with Crippen molar-refractivity contribution >= 4 is 16.0 Å². The highest BCUT2D eigenvalue weighted by Crippen LogP contribution is 2.00. The van der Waals surface area contributed by atoms with Crippen LogP contribution in [0.25, 0.3) is 0 Å². The topological polar surface area (TPSA) is 74.7 Å². The minimum Gasteiger partial charge on any atom is -0.341 e. The van der Waals surface area contributed by atoms with E-state index in [1.165, 1.54) is 18.0 Å². The van der Waals surface area contributed by atoms with Crippen molar-refractivity contribution in [2.75, 3.05) is 19.3 Å². The third-order valence-corrected chi connectivity index (χ3v) is 2.99. The van der Waals surface area contributed by atoms with E-state index in [1.54, 1.807) is 6.08 Å². The van der Waals surface area contributed by atoms with Crippen molar-refractivity contribution in [1.82, 2.24) is 4.90 Å². The van der Waals surface area contributed by atoms with Crippen LogP contribution in [0.15, 0.2) is 12.2 Å². The minimum atomic E-state index is -4.00. The summed E-state index contributed by atoms with van der Waals surface area (Å²) in [6.07, 6.45) is 7.41. The van der Waals surface area contributed by atoms with Gasteiger partial charge >= 0.3 is 0 Å². The highest BCUT2D eigenvalue weighted by Gasteiger charge is 2.09. The SMILES string of the molecule is CCCCCC=CC(=O)N(C)CCS(=O)(=O)O. The first kappa shape index (κ1) is 16.1. The molecule has 0 spiro atoms. The molecule has 0 aliphatic carbocycles. The molecule has 0 aromatic rings. The predicted molar refractivity (Wildman–Crippen MR) is 67.3 cm³/mol. The van der Waals surface area contributed by atoms with Crippen LogP contribution in [0, 0.1) is 0 Å². The van der Waals surface area contributed by atoms with Gasteiger partial charge in [0.05, 0.1) is 5.75 Å². The summed E-state index contributed by atoms with van der Waals surface area (Å²) in [6, 6.07) is 0. The number of carbonyl (C=O) groups excluding carboxylic acids is 1. The molecule has 6 heteroatoms. The second-order valence-corrected chi connectivity index (χ2v) is 5.52. The number of nitrogens with zero attached hydrogens (tertiary/aromatic N) is 1. The molecule has 0 aliphatic heterocycles. The quantitative estimate of drug-likeness (QED) is 0.409. The highest BCUT2D eigenvalue weighted by molar-refractivity contribution is 7.85. The normalized spacial score (nSPS) is 11.9. The average Bonchev–Trinajstić information content (AvgIpc) is 2.24. The van der Waals surface area contributed by atoms with Gasteiger partial charge in [0.1, 0.15) is 0 Å². The standard InChI is InChI=1S/C11H21NO4S/c1-3-4-5-6-7-8-11(13)12(2)9-10-17(14,15)16/h7-8H,3-6,9-10H2,1-2H3,(H,14,15,16). The molecule has 0 rings (SSSR count). The van der Waals surface area contributed by atoms with Crippen LogP contribution in [-0.4, -0.2) is 43.1 Å². The fourth-order valence-corrected chi connectivity index (χ4v) is 1.69. The Morgan fingerprint density at radius 3 is 2.53 bits per heavy atom. The maximum absolute atomic E-state index is 11.5. The smallest absolute Gasteiger partial charge is 0.266 e. The van der Waals surface area contributed by atoms with Crippen molar-refractivity contribution in [3.8, 4) is 0 Å². The van der Waals surface area contributed by atoms with Gasteiger partial charge in [0.15, 0.2) is 0 Å². The van der Waals surface area contributed by atoms with Crippen LogP contribution in [0.3, 0.4) is 0 Å². The number of hydrogen-bond donors (Lipinski definition) is 1. The Kier molecular flexibility index (Phi) is 7.82. The van der Waals surface area contributed by atoms with Crippen molar-refractivity contribution in [1.29, 1.82) is 0 Å².